The smallest absolute Gasteiger partial charge is 0.227 e. The molecular formula is C24H24ClN3O. The van der Waals surface area contributed by atoms with Crippen molar-refractivity contribution >= 4 is 17.5 Å². The predicted molar refractivity (Wildman–Crippen MR) is 115 cm³/mol. The van der Waals surface area contributed by atoms with E-state index in [-0.39, 0.29) is 11.8 Å². The summed E-state index contributed by atoms with van der Waals surface area (Å²) >= 11 is 5.98. The Bertz CT molecular complexity index is 959. The van der Waals surface area contributed by atoms with Crippen molar-refractivity contribution in [2.24, 2.45) is 0 Å². The van der Waals surface area contributed by atoms with Crippen LogP contribution in [0.2, 0.25) is 5.02 Å². The molecule has 1 aliphatic heterocycles. The highest BCUT2D eigenvalue weighted by molar-refractivity contribution is 6.30. The number of carbonyl (C=O) groups excluding carboxylic acids is 1. The number of likely N-dealkylation sites (tertiary alicyclic amines) is 1. The van der Waals surface area contributed by atoms with Gasteiger partial charge in [-0.15, -0.1) is 0 Å². The SMILES string of the molecule is O=C(Cc1cccnc1)N1CCC[C@@H](c2cccc(Cc3ccc(Cl)cc3)n2)C1. The fraction of sp³-hybridized carbons (Fsp3) is 0.292. The summed E-state index contributed by atoms with van der Waals surface area (Å²) in [6.45, 7) is 1.55. The molecule has 1 atom stereocenters. The molecule has 5 heteroatoms. The topological polar surface area (TPSA) is 46.1 Å². The highest BCUT2D eigenvalue weighted by Gasteiger charge is 2.25. The number of benzene rings is 1. The van der Waals surface area contributed by atoms with Gasteiger partial charge in [0.1, 0.15) is 0 Å². The number of piperidine rings is 1. The lowest BCUT2D eigenvalue weighted by Gasteiger charge is -2.32. The first-order chi connectivity index (χ1) is 14.2. The summed E-state index contributed by atoms with van der Waals surface area (Å²) in [4.78, 5) is 23.7. The van der Waals surface area contributed by atoms with Gasteiger partial charge >= 0.3 is 0 Å². The van der Waals surface area contributed by atoms with Gasteiger partial charge in [0, 0.05) is 54.2 Å². The molecule has 1 aromatic carbocycles. The Hall–Kier alpha value is -2.72. The first kappa shape index (κ1) is 19.6. The van der Waals surface area contributed by atoms with E-state index in [1.807, 2.05) is 41.3 Å². The molecule has 1 saturated heterocycles. The molecule has 0 bridgehead atoms. The maximum Gasteiger partial charge on any atom is 0.227 e. The molecule has 148 valence electrons. The third kappa shape index (κ3) is 5.21. The summed E-state index contributed by atoms with van der Waals surface area (Å²) < 4.78 is 0. The minimum atomic E-state index is 0.167. The highest BCUT2D eigenvalue weighted by Crippen LogP contribution is 2.26. The van der Waals surface area contributed by atoms with Crippen LogP contribution in [-0.2, 0) is 17.6 Å². The molecule has 1 amide bonds. The van der Waals surface area contributed by atoms with Crippen molar-refractivity contribution in [1.82, 2.24) is 14.9 Å². The first-order valence-corrected chi connectivity index (χ1v) is 10.4. The molecular weight excluding hydrogens is 382 g/mol. The molecule has 1 aliphatic rings. The van der Waals surface area contributed by atoms with Crippen molar-refractivity contribution in [1.29, 1.82) is 0 Å². The predicted octanol–water partition coefficient (Wildman–Crippen LogP) is 4.67. The number of hydrogen-bond donors (Lipinski definition) is 0. The summed E-state index contributed by atoms with van der Waals surface area (Å²) in [6.07, 6.45) is 6.75. The molecule has 2 aromatic heterocycles. The Balaban J connectivity index is 1.42. The third-order valence-corrected chi connectivity index (χ3v) is 5.65. The number of carbonyl (C=O) groups is 1. The van der Waals surface area contributed by atoms with Crippen LogP contribution in [0.5, 0.6) is 0 Å². The van der Waals surface area contributed by atoms with E-state index in [0.29, 0.717) is 6.42 Å². The van der Waals surface area contributed by atoms with Crippen LogP contribution in [-0.4, -0.2) is 33.9 Å². The average molecular weight is 406 g/mol. The van der Waals surface area contributed by atoms with Gasteiger partial charge in [0.05, 0.1) is 6.42 Å². The van der Waals surface area contributed by atoms with E-state index in [0.717, 1.165) is 54.3 Å². The van der Waals surface area contributed by atoms with Gasteiger partial charge in [-0.3, -0.25) is 14.8 Å². The number of halogens is 1. The van der Waals surface area contributed by atoms with Gasteiger partial charge in [-0.1, -0.05) is 35.9 Å². The van der Waals surface area contributed by atoms with Crippen LogP contribution in [0, 0.1) is 0 Å². The number of amides is 1. The summed E-state index contributed by atoms with van der Waals surface area (Å²) in [5.41, 5.74) is 4.28. The van der Waals surface area contributed by atoms with Gasteiger partial charge in [0.15, 0.2) is 0 Å². The maximum atomic E-state index is 12.7. The summed E-state index contributed by atoms with van der Waals surface area (Å²) in [5.74, 6) is 0.451. The Morgan fingerprint density at radius 2 is 1.93 bits per heavy atom. The molecule has 0 spiro atoms. The Morgan fingerprint density at radius 1 is 1.07 bits per heavy atom. The molecule has 3 heterocycles. The zero-order chi connectivity index (χ0) is 20.1. The second-order valence-electron chi connectivity index (χ2n) is 7.57. The number of hydrogen-bond acceptors (Lipinski definition) is 3. The van der Waals surface area contributed by atoms with Crippen LogP contribution in [0.1, 0.15) is 41.3 Å². The van der Waals surface area contributed by atoms with E-state index in [9.17, 15) is 4.79 Å². The minimum absolute atomic E-state index is 0.167. The van der Waals surface area contributed by atoms with Crippen molar-refractivity contribution in [2.45, 2.75) is 31.6 Å². The maximum absolute atomic E-state index is 12.7. The standard InChI is InChI=1S/C24H24ClN3O/c25-21-10-8-18(9-11-21)14-22-6-1-7-23(27-22)20-5-3-13-28(17-20)24(29)15-19-4-2-12-26-16-19/h1-2,4,6-12,16,20H,3,5,13-15,17H2/t20-/m1/s1. The second-order valence-corrected chi connectivity index (χ2v) is 8.01. The molecule has 0 aliphatic carbocycles. The minimum Gasteiger partial charge on any atom is -0.342 e. The number of rotatable bonds is 5. The lowest BCUT2D eigenvalue weighted by molar-refractivity contribution is -0.131. The van der Waals surface area contributed by atoms with E-state index in [1.54, 1.807) is 12.4 Å². The summed E-state index contributed by atoms with van der Waals surface area (Å²) in [7, 11) is 0. The lowest BCUT2D eigenvalue weighted by Crippen LogP contribution is -2.40. The molecule has 0 unspecified atom stereocenters. The summed E-state index contributed by atoms with van der Waals surface area (Å²) in [6, 6.07) is 17.9. The van der Waals surface area contributed by atoms with Crippen LogP contribution in [0.4, 0.5) is 0 Å². The number of aromatic nitrogens is 2. The van der Waals surface area contributed by atoms with Crippen molar-refractivity contribution in [3.63, 3.8) is 0 Å². The van der Waals surface area contributed by atoms with Crippen LogP contribution in [0.25, 0.3) is 0 Å². The van der Waals surface area contributed by atoms with Gasteiger partial charge in [0.25, 0.3) is 0 Å². The van der Waals surface area contributed by atoms with Gasteiger partial charge in [0.2, 0.25) is 5.91 Å². The zero-order valence-corrected chi connectivity index (χ0v) is 17.1. The summed E-state index contributed by atoms with van der Waals surface area (Å²) in [5, 5.41) is 0.744. The molecule has 0 radical (unpaired) electrons. The van der Waals surface area contributed by atoms with Crippen LogP contribution in [0.15, 0.2) is 67.0 Å². The quantitative estimate of drug-likeness (QED) is 0.619. The largest absolute Gasteiger partial charge is 0.342 e. The molecule has 3 aromatic rings. The van der Waals surface area contributed by atoms with E-state index >= 15 is 0 Å². The first-order valence-electron chi connectivity index (χ1n) is 10.0. The van der Waals surface area contributed by atoms with E-state index in [1.165, 1.54) is 5.56 Å². The normalized spacial score (nSPS) is 16.6. The van der Waals surface area contributed by atoms with Crippen molar-refractivity contribution in [2.75, 3.05) is 13.1 Å². The van der Waals surface area contributed by atoms with Gasteiger partial charge in [-0.2, -0.15) is 0 Å². The number of nitrogens with zero attached hydrogens (tertiary/aromatic N) is 3. The highest BCUT2D eigenvalue weighted by atomic mass is 35.5. The van der Waals surface area contributed by atoms with Crippen molar-refractivity contribution in [3.8, 4) is 0 Å². The number of pyridine rings is 2. The fourth-order valence-corrected chi connectivity index (χ4v) is 4.00. The zero-order valence-electron chi connectivity index (χ0n) is 16.3. The molecule has 4 nitrogen and oxygen atoms in total. The van der Waals surface area contributed by atoms with E-state index in [4.69, 9.17) is 16.6 Å². The van der Waals surface area contributed by atoms with Crippen LogP contribution < -0.4 is 0 Å². The monoisotopic (exact) mass is 405 g/mol. The van der Waals surface area contributed by atoms with Gasteiger partial charge < -0.3 is 4.90 Å². The van der Waals surface area contributed by atoms with Crippen LogP contribution in [0.3, 0.4) is 0 Å². The van der Waals surface area contributed by atoms with E-state index < -0.39 is 0 Å². The average Bonchev–Trinajstić information content (AvgIpc) is 2.76. The van der Waals surface area contributed by atoms with Crippen LogP contribution >= 0.6 is 11.6 Å². The Morgan fingerprint density at radius 3 is 2.72 bits per heavy atom. The molecule has 0 N–H and O–H groups in total. The van der Waals surface area contributed by atoms with Crippen molar-refractivity contribution < 1.29 is 4.79 Å². The second kappa shape index (κ2) is 9.19. The molecule has 29 heavy (non-hydrogen) atoms. The van der Waals surface area contributed by atoms with Gasteiger partial charge in [-0.05, 0) is 54.3 Å². The molecule has 4 rings (SSSR count). The Labute approximate surface area is 176 Å². The molecule has 1 fully saturated rings. The fourth-order valence-electron chi connectivity index (χ4n) is 3.87. The Kier molecular flexibility index (Phi) is 6.20. The van der Waals surface area contributed by atoms with Crippen molar-refractivity contribution in [3.05, 3.63) is 94.5 Å². The van der Waals surface area contributed by atoms with E-state index in [2.05, 4.69) is 23.2 Å². The third-order valence-electron chi connectivity index (χ3n) is 5.40. The van der Waals surface area contributed by atoms with Gasteiger partial charge in [-0.25, -0.2) is 0 Å². The molecule has 0 saturated carbocycles. The lowest BCUT2D eigenvalue weighted by atomic mass is 9.93.